The molecule has 1 heterocycles. The zero-order chi connectivity index (χ0) is 18.1. The second-order valence-corrected chi connectivity index (χ2v) is 6.93. The molecule has 1 aliphatic heterocycles. The highest BCUT2D eigenvalue weighted by molar-refractivity contribution is 6.06. The number of dihydropyridines is 1. The third-order valence-corrected chi connectivity index (χ3v) is 5.33. The fourth-order valence-electron chi connectivity index (χ4n) is 4.26. The lowest BCUT2D eigenvalue weighted by Crippen LogP contribution is -2.36. The van der Waals surface area contributed by atoms with Crippen LogP contribution in [0.2, 0.25) is 0 Å². The van der Waals surface area contributed by atoms with Gasteiger partial charge in [-0.05, 0) is 31.7 Å². The fraction of sp³-hybridized carbons (Fsp3) is 0.364. The Morgan fingerprint density at radius 3 is 2.23 bits per heavy atom. The van der Waals surface area contributed by atoms with Gasteiger partial charge in [-0.25, -0.2) is 0 Å². The van der Waals surface area contributed by atoms with E-state index < -0.39 is 0 Å². The van der Waals surface area contributed by atoms with E-state index in [2.05, 4.69) is 11.2 Å². The number of nitrogens with one attached hydrogen (secondary N) is 1. The summed E-state index contributed by atoms with van der Waals surface area (Å²) in [4.78, 5) is 25.6. The second kappa shape index (κ2) is 6.84. The molecule has 1 N–H and O–H groups in total. The molecule has 0 bridgehead atoms. The van der Waals surface area contributed by atoms with Gasteiger partial charge in [0.15, 0.2) is 11.6 Å². The molecule has 132 valence electrons. The van der Waals surface area contributed by atoms with Crippen molar-refractivity contribution in [3.8, 4) is 18.1 Å². The Morgan fingerprint density at radius 1 is 1.00 bits per heavy atom. The molecule has 1 aromatic carbocycles. The highest BCUT2D eigenvalue weighted by atomic mass is 16.5. The Balaban J connectivity index is 1.90. The Bertz CT molecular complexity index is 843. The van der Waals surface area contributed by atoms with Gasteiger partial charge in [0.05, 0.1) is 0 Å². The van der Waals surface area contributed by atoms with Crippen molar-refractivity contribution in [3.63, 3.8) is 0 Å². The van der Waals surface area contributed by atoms with Gasteiger partial charge in [-0.3, -0.25) is 9.59 Å². The number of hydrogen-bond donors (Lipinski definition) is 1. The van der Waals surface area contributed by atoms with Crippen LogP contribution in [0, 0.1) is 12.3 Å². The van der Waals surface area contributed by atoms with E-state index in [0.717, 1.165) is 53.8 Å². The molecule has 4 nitrogen and oxygen atoms in total. The number of rotatable bonds is 3. The van der Waals surface area contributed by atoms with E-state index >= 15 is 0 Å². The third-order valence-electron chi connectivity index (χ3n) is 5.33. The number of hydrogen-bond acceptors (Lipinski definition) is 4. The number of carbonyl (C=O) groups excluding carboxylic acids is 2. The lowest BCUT2D eigenvalue weighted by Gasteiger charge is -2.37. The highest BCUT2D eigenvalue weighted by Gasteiger charge is 2.41. The van der Waals surface area contributed by atoms with E-state index in [1.165, 1.54) is 0 Å². The Kier molecular flexibility index (Phi) is 4.38. The molecule has 0 fully saturated rings. The molecule has 0 aromatic heterocycles. The van der Waals surface area contributed by atoms with Gasteiger partial charge >= 0.3 is 0 Å². The van der Waals surface area contributed by atoms with Crippen LogP contribution in [0.3, 0.4) is 0 Å². The van der Waals surface area contributed by atoms with Crippen molar-refractivity contribution >= 4 is 11.6 Å². The van der Waals surface area contributed by atoms with Gasteiger partial charge in [-0.2, -0.15) is 0 Å². The summed E-state index contributed by atoms with van der Waals surface area (Å²) in [6.45, 7) is 0.154. The Labute approximate surface area is 153 Å². The first-order valence-electron chi connectivity index (χ1n) is 9.15. The molecule has 0 spiro atoms. The van der Waals surface area contributed by atoms with Gasteiger partial charge in [0, 0.05) is 46.9 Å². The summed E-state index contributed by atoms with van der Waals surface area (Å²) in [5, 5.41) is 3.42. The smallest absolute Gasteiger partial charge is 0.161 e. The summed E-state index contributed by atoms with van der Waals surface area (Å²) < 4.78 is 5.75. The molecule has 26 heavy (non-hydrogen) atoms. The molecular formula is C22H21NO3. The topological polar surface area (TPSA) is 55.4 Å². The molecule has 0 amide bonds. The van der Waals surface area contributed by atoms with Gasteiger partial charge < -0.3 is 10.1 Å². The van der Waals surface area contributed by atoms with Crippen LogP contribution in [0.5, 0.6) is 5.75 Å². The predicted octanol–water partition coefficient (Wildman–Crippen LogP) is 3.40. The number of ketones is 2. The van der Waals surface area contributed by atoms with Gasteiger partial charge in [-0.1, -0.05) is 24.1 Å². The first kappa shape index (κ1) is 16.7. The van der Waals surface area contributed by atoms with E-state index in [0.29, 0.717) is 18.6 Å². The third kappa shape index (κ3) is 2.74. The maximum atomic E-state index is 12.8. The van der Waals surface area contributed by atoms with Crippen molar-refractivity contribution in [1.29, 1.82) is 0 Å². The molecule has 3 aliphatic rings. The van der Waals surface area contributed by atoms with E-state index in [1.807, 2.05) is 24.3 Å². The number of ether oxygens (including phenoxy) is 1. The molecule has 0 atom stereocenters. The van der Waals surface area contributed by atoms with E-state index in [4.69, 9.17) is 11.2 Å². The van der Waals surface area contributed by atoms with Gasteiger partial charge in [0.2, 0.25) is 0 Å². The summed E-state index contributed by atoms with van der Waals surface area (Å²) in [6, 6.07) is 7.60. The first-order chi connectivity index (χ1) is 12.7. The van der Waals surface area contributed by atoms with E-state index in [1.54, 1.807) is 0 Å². The maximum Gasteiger partial charge on any atom is 0.161 e. The molecule has 4 rings (SSSR count). The van der Waals surface area contributed by atoms with Crippen LogP contribution in [0.1, 0.15) is 50.0 Å². The minimum Gasteiger partial charge on any atom is -0.481 e. The molecule has 2 aliphatic carbocycles. The van der Waals surface area contributed by atoms with Crippen molar-refractivity contribution in [3.05, 3.63) is 52.4 Å². The molecule has 0 unspecified atom stereocenters. The van der Waals surface area contributed by atoms with Crippen molar-refractivity contribution in [2.24, 2.45) is 0 Å². The van der Waals surface area contributed by atoms with E-state index in [-0.39, 0.29) is 24.1 Å². The largest absolute Gasteiger partial charge is 0.481 e. The molecule has 1 aromatic rings. The lowest BCUT2D eigenvalue weighted by atomic mass is 9.71. The summed E-state index contributed by atoms with van der Waals surface area (Å²) >= 11 is 0. The SMILES string of the molecule is C#CCOc1ccccc1C1C2=C(CCCC2=O)NC2=C1C(=O)CCC2. The zero-order valence-corrected chi connectivity index (χ0v) is 14.6. The summed E-state index contributed by atoms with van der Waals surface area (Å²) in [5.74, 6) is 3.03. The van der Waals surface area contributed by atoms with Crippen LogP contribution in [0.15, 0.2) is 46.8 Å². The van der Waals surface area contributed by atoms with Crippen LogP contribution in [0.4, 0.5) is 0 Å². The van der Waals surface area contributed by atoms with Crippen LogP contribution < -0.4 is 10.1 Å². The van der Waals surface area contributed by atoms with Gasteiger partial charge in [-0.15, -0.1) is 6.42 Å². The van der Waals surface area contributed by atoms with Crippen LogP contribution >= 0.6 is 0 Å². The van der Waals surface area contributed by atoms with Crippen molar-refractivity contribution in [1.82, 2.24) is 5.32 Å². The normalized spacial score (nSPS) is 20.3. The number of benzene rings is 1. The molecule has 4 heteroatoms. The summed E-state index contributed by atoms with van der Waals surface area (Å²) in [7, 11) is 0. The molecule has 0 saturated heterocycles. The average molecular weight is 347 g/mol. The fourth-order valence-corrected chi connectivity index (χ4v) is 4.26. The van der Waals surface area contributed by atoms with Crippen molar-refractivity contribution in [2.45, 2.75) is 44.4 Å². The number of para-hydroxylation sites is 1. The van der Waals surface area contributed by atoms with E-state index in [9.17, 15) is 9.59 Å². The second-order valence-electron chi connectivity index (χ2n) is 6.93. The number of carbonyl (C=O) groups is 2. The average Bonchev–Trinajstić information content (AvgIpc) is 2.65. The Hall–Kier alpha value is -2.80. The number of terminal acetylenes is 1. The predicted molar refractivity (Wildman–Crippen MR) is 98.4 cm³/mol. The van der Waals surface area contributed by atoms with Crippen LogP contribution in [-0.2, 0) is 9.59 Å². The zero-order valence-electron chi connectivity index (χ0n) is 14.6. The highest BCUT2D eigenvalue weighted by Crippen LogP contribution is 2.47. The Morgan fingerprint density at radius 2 is 1.62 bits per heavy atom. The first-order valence-corrected chi connectivity index (χ1v) is 9.15. The monoisotopic (exact) mass is 347 g/mol. The van der Waals surface area contributed by atoms with Crippen molar-refractivity contribution in [2.75, 3.05) is 6.61 Å². The molecule has 0 radical (unpaired) electrons. The van der Waals surface area contributed by atoms with Gasteiger partial charge in [0.25, 0.3) is 0 Å². The standard InChI is InChI=1S/C22H21NO3/c1-2-13-26-19-12-4-3-7-14(19)20-21-15(8-5-10-17(21)24)23-16-9-6-11-18(25)22(16)20/h1,3-4,7,12,20,23H,5-6,8-11,13H2. The lowest BCUT2D eigenvalue weighted by molar-refractivity contribution is -0.116. The van der Waals surface area contributed by atoms with Crippen LogP contribution in [0.25, 0.3) is 0 Å². The maximum absolute atomic E-state index is 12.8. The van der Waals surface area contributed by atoms with Crippen molar-refractivity contribution < 1.29 is 14.3 Å². The summed E-state index contributed by atoms with van der Waals surface area (Å²) in [6.07, 6.45) is 9.79. The summed E-state index contributed by atoms with van der Waals surface area (Å²) in [5.41, 5.74) is 4.29. The van der Waals surface area contributed by atoms with Crippen LogP contribution in [-0.4, -0.2) is 18.2 Å². The molecule has 0 saturated carbocycles. The number of Topliss-reactive ketones (excluding diaryl/α,β-unsaturated/α-hetero) is 2. The number of allylic oxidation sites excluding steroid dienone is 4. The minimum atomic E-state index is -0.351. The quantitative estimate of drug-likeness (QED) is 0.852. The molecular weight excluding hydrogens is 326 g/mol. The minimum absolute atomic E-state index is 0.125. The van der Waals surface area contributed by atoms with Gasteiger partial charge in [0.1, 0.15) is 12.4 Å².